The number of aryl methyl sites for hydroxylation is 1. The van der Waals surface area contributed by atoms with Crippen LogP contribution in [0.2, 0.25) is 0 Å². The van der Waals surface area contributed by atoms with Crippen molar-refractivity contribution in [3.63, 3.8) is 0 Å². The van der Waals surface area contributed by atoms with Crippen LogP contribution in [0.4, 0.5) is 17.6 Å². The predicted molar refractivity (Wildman–Crippen MR) is 77.4 cm³/mol. The van der Waals surface area contributed by atoms with Crippen molar-refractivity contribution >= 4 is 0 Å². The Balaban J connectivity index is 1.77. The van der Waals surface area contributed by atoms with Gasteiger partial charge >= 0.3 is 12.2 Å². The Hall–Kier alpha value is -3.04. The SMILES string of the molecule is Cc1ccnc(OCc2cn(-c3ccc(F)c(C(F)(F)F)c3)nn2)n1. The zero-order valence-corrected chi connectivity index (χ0v) is 12.8. The van der Waals surface area contributed by atoms with E-state index in [1.807, 2.05) is 0 Å². The molecule has 6 nitrogen and oxygen atoms in total. The monoisotopic (exact) mass is 353 g/mol. The number of halogens is 4. The van der Waals surface area contributed by atoms with Gasteiger partial charge in [-0.1, -0.05) is 5.21 Å². The average molecular weight is 353 g/mol. The van der Waals surface area contributed by atoms with Gasteiger partial charge in [-0.25, -0.2) is 19.0 Å². The van der Waals surface area contributed by atoms with Crippen LogP contribution < -0.4 is 4.74 Å². The molecule has 10 heteroatoms. The largest absolute Gasteiger partial charge is 0.457 e. The zero-order valence-electron chi connectivity index (χ0n) is 12.8. The third-order valence-corrected chi connectivity index (χ3v) is 3.18. The van der Waals surface area contributed by atoms with Gasteiger partial charge < -0.3 is 4.74 Å². The lowest BCUT2D eigenvalue weighted by Crippen LogP contribution is -2.09. The number of hydrogen-bond acceptors (Lipinski definition) is 5. The maximum atomic E-state index is 13.3. The van der Waals surface area contributed by atoms with Crippen molar-refractivity contribution in [2.24, 2.45) is 0 Å². The number of nitrogens with zero attached hydrogens (tertiary/aromatic N) is 5. The van der Waals surface area contributed by atoms with Crippen LogP contribution in [0.5, 0.6) is 6.01 Å². The van der Waals surface area contributed by atoms with Crippen LogP contribution >= 0.6 is 0 Å². The summed E-state index contributed by atoms with van der Waals surface area (Å²) in [5.74, 6) is -1.35. The van der Waals surface area contributed by atoms with E-state index in [1.165, 1.54) is 18.5 Å². The van der Waals surface area contributed by atoms with E-state index in [-0.39, 0.29) is 18.3 Å². The fourth-order valence-corrected chi connectivity index (χ4v) is 2.00. The van der Waals surface area contributed by atoms with Crippen molar-refractivity contribution in [3.05, 3.63) is 59.4 Å². The summed E-state index contributed by atoms with van der Waals surface area (Å²) in [6.45, 7) is 1.76. The van der Waals surface area contributed by atoms with E-state index in [0.29, 0.717) is 11.8 Å². The highest BCUT2D eigenvalue weighted by Gasteiger charge is 2.34. The maximum Gasteiger partial charge on any atom is 0.419 e. The molecular weight excluding hydrogens is 342 g/mol. The second-order valence-corrected chi connectivity index (χ2v) is 5.09. The second-order valence-electron chi connectivity index (χ2n) is 5.09. The molecule has 3 rings (SSSR count). The Kier molecular flexibility index (Phi) is 4.34. The molecule has 0 unspecified atom stereocenters. The molecule has 0 amide bonds. The predicted octanol–water partition coefficient (Wildman–Crippen LogP) is 3.10. The fraction of sp³-hybridized carbons (Fsp3) is 0.200. The molecule has 0 bridgehead atoms. The molecule has 2 aromatic heterocycles. The highest BCUT2D eigenvalue weighted by Crippen LogP contribution is 2.32. The van der Waals surface area contributed by atoms with Gasteiger partial charge in [0.2, 0.25) is 0 Å². The number of aromatic nitrogens is 5. The maximum absolute atomic E-state index is 13.3. The first-order chi connectivity index (χ1) is 11.8. The summed E-state index contributed by atoms with van der Waals surface area (Å²) in [6.07, 6.45) is -1.88. The molecule has 3 aromatic rings. The molecule has 130 valence electrons. The number of ether oxygens (including phenoxy) is 1. The molecular formula is C15H11F4N5O. The normalized spacial score (nSPS) is 11.6. The van der Waals surface area contributed by atoms with Crippen LogP contribution in [0.15, 0.2) is 36.7 Å². The fourth-order valence-electron chi connectivity index (χ4n) is 2.00. The zero-order chi connectivity index (χ0) is 18.0. The van der Waals surface area contributed by atoms with Crippen molar-refractivity contribution in [3.8, 4) is 11.7 Å². The van der Waals surface area contributed by atoms with Gasteiger partial charge in [0.05, 0.1) is 17.4 Å². The first kappa shape index (κ1) is 16.8. The van der Waals surface area contributed by atoms with Gasteiger partial charge in [-0.15, -0.1) is 5.10 Å². The first-order valence-corrected chi connectivity index (χ1v) is 7.04. The van der Waals surface area contributed by atoms with Crippen molar-refractivity contribution in [1.82, 2.24) is 25.0 Å². The average Bonchev–Trinajstić information content (AvgIpc) is 3.01. The number of hydrogen-bond donors (Lipinski definition) is 0. The Bertz CT molecular complexity index is 894. The Morgan fingerprint density at radius 3 is 2.72 bits per heavy atom. The minimum absolute atomic E-state index is 0.0171. The highest BCUT2D eigenvalue weighted by molar-refractivity contribution is 5.37. The Labute approximate surface area is 139 Å². The van der Waals surface area contributed by atoms with Crippen molar-refractivity contribution < 1.29 is 22.3 Å². The molecule has 0 N–H and O–H groups in total. The van der Waals surface area contributed by atoms with E-state index in [4.69, 9.17) is 4.74 Å². The minimum Gasteiger partial charge on any atom is -0.457 e. The lowest BCUT2D eigenvalue weighted by molar-refractivity contribution is -0.140. The van der Waals surface area contributed by atoms with Gasteiger partial charge in [-0.3, -0.25) is 0 Å². The molecule has 0 saturated carbocycles. The van der Waals surface area contributed by atoms with E-state index < -0.39 is 17.6 Å². The second kappa shape index (κ2) is 6.46. The van der Waals surface area contributed by atoms with Gasteiger partial charge in [0.1, 0.15) is 18.1 Å². The Morgan fingerprint density at radius 2 is 2.00 bits per heavy atom. The molecule has 0 aliphatic carbocycles. The van der Waals surface area contributed by atoms with E-state index in [0.717, 1.165) is 16.4 Å². The van der Waals surface area contributed by atoms with Gasteiger partial charge in [0.15, 0.2) is 0 Å². The summed E-state index contributed by atoms with van der Waals surface area (Å²) in [7, 11) is 0. The highest BCUT2D eigenvalue weighted by atomic mass is 19.4. The summed E-state index contributed by atoms with van der Waals surface area (Å²) in [6, 6.07) is 4.42. The topological polar surface area (TPSA) is 65.7 Å². The molecule has 0 radical (unpaired) electrons. The van der Waals surface area contributed by atoms with Gasteiger partial charge in [-0.2, -0.15) is 13.2 Å². The van der Waals surface area contributed by atoms with Crippen molar-refractivity contribution in [2.75, 3.05) is 0 Å². The van der Waals surface area contributed by atoms with E-state index >= 15 is 0 Å². The summed E-state index contributed by atoms with van der Waals surface area (Å²) < 4.78 is 58.1. The van der Waals surface area contributed by atoms with Gasteiger partial charge in [0.25, 0.3) is 0 Å². The molecule has 0 aliphatic heterocycles. The summed E-state index contributed by atoms with van der Waals surface area (Å²) >= 11 is 0. The van der Waals surface area contributed by atoms with E-state index in [2.05, 4.69) is 20.3 Å². The molecule has 1 aromatic carbocycles. The molecule has 2 heterocycles. The molecule has 0 aliphatic rings. The van der Waals surface area contributed by atoms with Crippen LogP contribution in [-0.2, 0) is 12.8 Å². The number of alkyl halides is 3. The quantitative estimate of drug-likeness (QED) is 0.675. The lowest BCUT2D eigenvalue weighted by Gasteiger charge is -2.09. The van der Waals surface area contributed by atoms with Crippen molar-refractivity contribution in [2.45, 2.75) is 19.7 Å². The van der Waals surface area contributed by atoms with E-state index in [1.54, 1.807) is 13.0 Å². The Morgan fingerprint density at radius 1 is 1.20 bits per heavy atom. The summed E-state index contributed by atoms with van der Waals surface area (Å²) in [5.41, 5.74) is -0.270. The summed E-state index contributed by atoms with van der Waals surface area (Å²) in [4.78, 5) is 7.96. The minimum atomic E-state index is -4.80. The molecule has 0 atom stereocenters. The number of benzene rings is 1. The van der Waals surface area contributed by atoms with Crippen molar-refractivity contribution in [1.29, 1.82) is 0 Å². The smallest absolute Gasteiger partial charge is 0.419 e. The van der Waals surface area contributed by atoms with Gasteiger partial charge in [0, 0.05) is 11.9 Å². The van der Waals surface area contributed by atoms with Crippen LogP contribution in [-0.4, -0.2) is 25.0 Å². The number of rotatable bonds is 4. The first-order valence-electron chi connectivity index (χ1n) is 7.04. The third-order valence-electron chi connectivity index (χ3n) is 3.18. The molecule has 0 spiro atoms. The van der Waals surface area contributed by atoms with E-state index in [9.17, 15) is 17.6 Å². The lowest BCUT2D eigenvalue weighted by atomic mass is 10.2. The molecule has 25 heavy (non-hydrogen) atoms. The van der Waals surface area contributed by atoms with Crippen LogP contribution in [0.1, 0.15) is 17.0 Å². The van der Waals surface area contributed by atoms with Crippen LogP contribution in [0.25, 0.3) is 5.69 Å². The molecule has 0 fully saturated rings. The van der Waals surface area contributed by atoms with Gasteiger partial charge in [-0.05, 0) is 31.2 Å². The summed E-state index contributed by atoms with van der Waals surface area (Å²) in [5, 5.41) is 7.53. The molecule has 0 saturated heterocycles. The third kappa shape index (κ3) is 3.90. The standard InChI is InChI=1S/C15H11F4N5O/c1-9-4-5-20-14(21-9)25-8-10-7-24(23-22-10)11-2-3-13(16)12(6-11)15(17,18)19/h2-7H,8H2,1H3. The van der Waals surface area contributed by atoms with Crippen LogP contribution in [0.3, 0.4) is 0 Å². The van der Waals surface area contributed by atoms with Crippen LogP contribution in [0, 0.1) is 12.7 Å².